The first kappa shape index (κ1) is 17.3. The van der Waals surface area contributed by atoms with Gasteiger partial charge in [-0.3, -0.25) is 9.89 Å². The van der Waals surface area contributed by atoms with Crippen LogP contribution in [-0.4, -0.2) is 23.2 Å². The molecule has 2 rings (SSSR count). The van der Waals surface area contributed by atoms with Gasteiger partial charge in [0.25, 0.3) is 0 Å². The van der Waals surface area contributed by atoms with E-state index < -0.39 is 0 Å². The zero-order valence-electron chi connectivity index (χ0n) is 13.9. The monoisotopic (exact) mass is 335 g/mol. The Bertz CT molecular complexity index is 678. The Morgan fingerprint density at radius 3 is 2.78 bits per heavy atom. The second kappa shape index (κ2) is 7.51. The van der Waals surface area contributed by atoms with Gasteiger partial charge in [0.1, 0.15) is 5.75 Å². The molecule has 0 saturated carbocycles. The van der Waals surface area contributed by atoms with E-state index in [1.165, 1.54) is 0 Å². The maximum atomic E-state index is 12.3. The number of nitrogens with one attached hydrogen (secondary N) is 2. The standard InChI is InChI=1S/C17H22ClN3O2/c1-10(7-15-11(2)20-21-12(15)3)17(22)19-9-13-5-6-14(18)8-16(13)23-4/h5-6,8,10H,7,9H2,1-4H3,(H,19,22)(H,20,21)/t10-/m0/s1. The van der Waals surface area contributed by atoms with Crippen molar-refractivity contribution in [1.82, 2.24) is 15.5 Å². The highest BCUT2D eigenvalue weighted by Gasteiger charge is 2.17. The van der Waals surface area contributed by atoms with Gasteiger partial charge in [0.15, 0.2) is 0 Å². The molecular formula is C17H22ClN3O2. The van der Waals surface area contributed by atoms with E-state index in [1.807, 2.05) is 26.8 Å². The normalized spacial score (nSPS) is 12.0. The fourth-order valence-electron chi connectivity index (χ4n) is 2.49. The van der Waals surface area contributed by atoms with Crippen molar-refractivity contribution in [2.24, 2.45) is 5.92 Å². The summed E-state index contributed by atoms with van der Waals surface area (Å²) in [6.45, 7) is 6.24. The van der Waals surface area contributed by atoms with E-state index in [2.05, 4.69) is 15.5 Å². The summed E-state index contributed by atoms with van der Waals surface area (Å²) < 4.78 is 5.29. The minimum atomic E-state index is -0.136. The molecule has 5 nitrogen and oxygen atoms in total. The smallest absolute Gasteiger partial charge is 0.223 e. The summed E-state index contributed by atoms with van der Waals surface area (Å²) in [7, 11) is 1.59. The van der Waals surface area contributed by atoms with E-state index in [9.17, 15) is 4.79 Å². The number of hydrogen-bond donors (Lipinski definition) is 2. The largest absolute Gasteiger partial charge is 0.496 e. The van der Waals surface area contributed by atoms with Crippen molar-refractivity contribution in [3.8, 4) is 5.75 Å². The zero-order valence-corrected chi connectivity index (χ0v) is 14.6. The van der Waals surface area contributed by atoms with Crippen molar-refractivity contribution in [3.05, 3.63) is 45.7 Å². The SMILES string of the molecule is COc1cc(Cl)ccc1CNC(=O)[C@@H](C)Cc1c(C)n[nH]c1C. The molecule has 0 aliphatic rings. The van der Waals surface area contributed by atoms with Gasteiger partial charge in [-0.2, -0.15) is 5.10 Å². The molecule has 23 heavy (non-hydrogen) atoms. The molecule has 1 heterocycles. The fraction of sp³-hybridized carbons (Fsp3) is 0.412. The second-order valence-electron chi connectivity index (χ2n) is 5.69. The Balaban J connectivity index is 1.97. The average molecular weight is 336 g/mol. The molecular weight excluding hydrogens is 314 g/mol. The van der Waals surface area contributed by atoms with E-state index in [0.29, 0.717) is 23.7 Å². The number of carbonyl (C=O) groups is 1. The molecule has 2 N–H and O–H groups in total. The van der Waals surface area contributed by atoms with Crippen molar-refractivity contribution >= 4 is 17.5 Å². The predicted octanol–water partition coefficient (Wildman–Crippen LogP) is 3.18. The highest BCUT2D eigenvalue weighted by Crippen LogP contribution is 2.23. The molecule has 0 aliphatic carbocycles. The summed E-state index contributed by atoms with van der Waals surface area (Å²) in [5, 5.41) is 10.7. The number of benzene rings is 1. The first-order valence-corrected chi connectivity index (χ1v) is 7.90. The van der Waals surface area contributed by atoms with Gasteiger partial charge < -0.3 is 10.1 Å². The number of nitrogens with zero attached hydrogens (tertiary/aromatic N) is 1. The summed E-state index contributed by atoms with van der Waals surface area (Å²) in [6.07, 6.45) is 0.664. The molecule has 0 radical (unpaired) electrons. The van der Waals surface area contributed by atoms with Crippen LogP contribution in [0, 0.1) is 19.8 Å². The summed E-state index contributed by atoms with van der Waals surface area (Å²) in [4.78, 5) is 12.3. The number of aromatic amines is 1. The highest BCUT2D eigenvalue weighted by molar-refractivity contribution is 6.30. The van der Waals surface area contributed by atoms with Crippen LogP contribution in [0.3, 0.4) is 0 Å². The van der Waals surface area contributed by atoms with Gasteiger partial charge in [-0.25, -0.2) is 0 Å². The number of halogens is 1. The summed E-state index contributed by atoms with van der Waals surface area (Å²) >= 11 is 5.94. The maximum absolute atomic E-state index is 12.3. The van der Waals surface area contributed by atoms with Crippen molar-refractivity contribution < 1.29 is 9.53 Å². The maximum Gasteiger partial charge on any atom is 0.223 e. The number of methoxy groups -OCH3 is 1. The van der Waals surface area contributed by atoms with Crippen LogP contribution in [0.1, 0.15) is 29.4 Å². The Kier molecular flexibility index (Phi) is 5.66. The third-order valence-electron chi connectivity index (χ3n) is 3.94. The minimum absolute atomic E-state index is 0.00185. The Morgan fingerprint density at radius 2 is 2.17 bits per heavy atom. The van der Waals surface area contributed by atoms with E-state index in [-0.39, 0.29) is 11.8 Å². The summed E-state index contributed by atoms with van der Waals surface area (Å²) in [6, 6.07) is 5.38. The average Bonchev–Trinajstić information content (AvgIpc) is 2.85. The topological polar surface area (TPSA) is 67.0 Å². The Labute approximate surface area is 141 Å². The van der Waals surface area contributed by atoms with E-state index in [1.54, 1.807) is 19.2 Å². The molecule has 1 aromatic heterocycles. The number of rotatable bonds is 6. The van der Waals surface area contributed by atoms with Gasteiger partial charge in [-0.05, 0) is 38.0 Å². The van der Waals surface area contributed by atoms with Gasteiger partial charge in [-0.15, -0.1) is 0 Å². The fourth-order valence-corrected chi connectivity index (χ4v) is 2.66. The van der Waals surface area contributed by atoms with E-state index >= 15 is 0 Å². The number of ether oxygens (including phenoxy) is 1. The number of hydrogen-bond acceptors (Lipinski definition) is 3. The van der Waals surface area contributed by atoms with Crippen LogP contribution in [0.5, 0.6) is 5.75 Å². The van der Waals surface area contributed by atoms with Crippen molar-refractivity contribution in [2.45, 2.75) is 33.7 Å². The minimum Gasteiger partial charge on any atom is -0.496 e. The number of amides is 1. The van der Waals surface area contributed by atoms with Crippen LogP contribution in [0.25, 0.3) is 0 Å². The van der Waals surface area contributed by atoms with Crippen LogP contribution in [-0.2, 0) is 17.8 Å². The molecule has 2 aromatic rings. The summed E-state index contributed by atoms with van der Waals surface area (Å²) in [5.41, 5.74) is 3.97. The molecule has 0 fully saturated rings. The first-order valence-electron chi connectivity index (χ1n) is 7.53. The van der Waals surface area contributed by atoms with Crippen molar-refractivity contribution in [2.75, 3.05) is 7.11 Å². The lowest BCUT2D eigenvalue weighted by Gasteiger charge is -2.14. The first-order chi connectivity index (χ1) is 10.9. The highest BCUT2D eigenvalue weighted by atomic mass is 35.5. The molecule has 1 amide bonds. The molecule has 1 aromatic carbocycles. The molecule has 124 valence electrons. The van der Waals surface area contributed by atoms with Crippen LogP contribution >= 0.6 is 11.6 Å². The van der Waals surface area contributed by atoms with Gasteiger partial charge >= 0.3 is 0 Å². The second-order valence-corrected chi connectivity index (χ2v) is 6.13. The molecule has 0 unspecified atom stereocenters. The van der Waals surface area contributed by atoms with Crippen LogP contribution in [0.15, 0.2) is 18.2 Å². The Hall–Kier alpha value is -2.01. The number of aryl methyl sites for hydroxylation is 2. The lowest BCUT2D eigenvalue weighted by atomic mass is 9.99. The van der Waals surface area contributed by atoms with E-state index in [0.717, 1.165) is 22.5 Å². The van der Waals surface area contributed by atoms with Gasteiger partial charge in [-0.1, -0.05) is 24.6 Å². The van der Waals surface area contributed by atoms with Crippen LogP contribution < -0.4 is 10.1 Å². The molecule has 1 atom stereocenters. The Morgan fingerprint density at radius 1 is 1.43 bits per heavy atom. The third kappa shape index (κ3) is 4.26. The summed E-state index contributed by atoms with van der Waals surface area (Å²) in [5.74, 6) is 0.539. The number of carbonyl (C=O) groups excluding carboxylic acids is 1. The van der Waals surface area contributed by atoms with Crippen molar-refractivity contribution in [3.63, 3.8) is 0 Å². The van der Waals surface area contributed by atoms with E-state index in [4.69, 9.17) is 16.3 Å². The van der Waals surface area contributed by atoms with Crippen LogP contribution in [0.4, 0.5) is 0 Å². The van der Waals surface area contributed by atoms with Gasteiger partial charge in [0.2, 0.25) is 5.91 Å². The molecule has 0 aliphatic heterocycles. The third-order valence-corrected chi connectivity index (χ3v) is 4.18. The zero-order chi connectivity index (χ0) is 17.0. The predicted molar refractivity (Wildman–Crippen MR) is 90.8 cm³/mol. The number of aromatic nitrogens is 2. The molecule has 6 heteroatoms. The van der Waals surface area contributed by atoms with Gasteiger partial charge in [0.05, 0.1) is 12.8 Å². The quantitative estimate of drug-likeness (QED) is 0.852. The van der Waals surface area contributed by atoms with Gasteiger partial charge in [0, 0.05) is 28.7 Å². The number of H-pyrrole nitrogens is 1. The molecule has 0 spiro atoms. The lowest BCUT2D eigenvalue weighted by Crippen LogP contribution is -2.30. The lowest BCUT2D eigenvalue weighted by molar-refractivity contribution is -0.124. The molecule has 0 bridgehead atoms. The van der Waals surface area contributed by atoms with Crippen LogP contribution in [0.2, 0.25) is 5.02 Å². The molecule has 0 saturated heterocycles. The van der Waals surface area contributed by atoms with Crippen molar-refractivity contribution in [1.29, 1.82) is 0 Å².